The second-order valence-electron chi connectivity index (χ2n) is 5.42. The third-order valence-corrected chi connectivity index (χ3v) is 3.45. The Morgan fingerprint density at radius 1 is 0.920 bits per heavy atom. The van der Waals surface area contributed by atoms with Gasteiger partial charge in [0.15, 0.2) is 11.5 Å². The fraction of sp³-hybridized carbons (Fsp3) is 0.350. The molecule has 2 rings (SSSR count). The lowest BCUT2D eigenvalue weighted by atomic mass is 10.1. The fourth-order valence-corrected chi connectivity index (χ4v) is 2.45. The first-order chi connectivity index (χ1) is 12.1. The summed E-state index contributed by atoms with van der Waals surface area (Å²) in [5.74, 6) is 1.31. The van der Waals surface area contributed by atoms with Crippen molar-refractivity contribution in [1.82, 2.24) is 0 Å². The maximum atomic E-state index is 12.6. The highest BCUT2D eigenvalue weighted by Gasteiger charge is 2.18. The highest BCUT2D eigenvalue weighted by atomic mass is 16.5. The number of carbonyl (C=O) groups is 1. The topological polar surface area (TPSA) is 56.8 Å². The summed E-state index contributed by atoms with van der Waals surface area (Å²) in [4.78, 5) is 12.6. The number of nitrogens with one attached hydrogen (secondary N) is 1. The normalized spacial score (nSPS) is 10.2. The first-order valence-corrected chi connectivity index (χ1v) is 8.53. The molecule has 5 nitrogen and oxygen atoms in total. The SMILES string of the molecule is CCOc1cc(C(=O)Nc2cccc(C)c2)cc(OCC)c1OCC. The molecule has 2 aromatic rings. The Bertz CT molecular complexity index is 700. The predicted molar refractivity (Wildman–Crippen MR) is 99.1 cm³/mol. The number of anilines is 1. The van der Waals surface area contributed by atoms with Crippen molar-refractivity contribution < 1.29 is 19.0 Å². The van der Waals surface area contributed by atoms with Gasteiger partial charge in [-0.25, -0.2) is 0 Å². The van der Waals surface area contributed by atoms with Crippen LogP contribution >= 0.6 is 0 Å². The Hall–Kier alpha value is -2.69. The third kappa shape index (κ3) is 4.89. The molecule has 0 saturated carbocycles. The van der Waals surface area contributed by atoms with E-state index in [1.807, 2.05) is 52.0 Å². The third-order valence-electron chi connectivity index (χ3n) is 3.45. The zero-order chi connectivity index (χ0) is 18.2. The van der Waals surface area contributed by atoms with Crippen LogP contribution in [0.2, 0.25) is 0 Å². The number of ether oxygens (including phenoxy) is 3. The smallest absolute Gasteiger partial charge is 0.255 e. The van der Waals surface area contributed by atoms with Gasteiger partial charge in [-0.3, -0.25) is 4.79 Å². The molecular formula is C20H25NO4. The van der Waals surface area contributed by atoms with Crippen LogP contribution in [0.3, 0.4) is 0 Å². The van der Waals surface area contributed by atoms with Gasteiger partial charge in [-0.2, -0.15) is 0 Å². The van der Waals surface area contributed by atoms with E-state index in [-0.39, 0.29) is 5.91 Å². The summed E-state index contributed by atoms with van der Waals surface area (Å²) in [6.07, 6.45) is 0. The quantitative estimate of drug-likeness (QED) is 0.770. The highest BCUT2D eigenvalue weighted by Crippen LogP contribution is 2.39. The molecule has 0 aliphatic heterocycles. The molecule has 0 bridgehead atoms. The first kappa shape index (κ1) is 18.6. The lowest BCUT2D eigenvalue weighted by Gasteiger charge is -2.17. The Kier molecular flexibility index (Phi) is 6.69. The van der Waals surface area contributed by atoms with Gasteiger partial charge < -0.3 is 19.5 Å². The molecule has 5 heteroatoms. The van der Waals surface area contributed by atoms with Gasteiger partial charge in [-0.15, -0.1) is 0 Å². The molecule has 0 aliphatic rings. The van der Waals surface area contributed by atoms with Crippen molar-refractivity contribution in [2.45, 2.75) is 27.7 Å². The molecule has 134 valence electrons. The van der Waals surface area contributed by atoms with Crippen molar-refractivity contribution in [3.63, 3.8) is 0 Å². The molecule has 1 N–H and O–H groups in total. The maximum absolute atomic E-state index is 12.6. The molecule has 1 amide bonds. The van der Waals surface area contributed by atoms with E-state index in [2.05, 4.69) is 5.32 Å². The molecule has 0 unspecified atom stereocenters. The van der Waals surface area contributed by atoms with Gasteiger partial charge in [0.05, 0.1) is 19.8 Å². The van der Waals surface area contributed by atoms with E-state index in [1.54, 1.807) is 12.1 Å². The molecule has 0 spiro atoms. The standard InChI is InChI=1S/C20H25NO4/c1-5-23-17-12-15(13-18(24-6-2)19(17)25-7-3)20(22)21-16-10-8-9-14(4)11-16/h8-13H,5-7H2,1-4H3,(H,21,22). The van der Waals surface area contributed by atoms with Crippen LogP contribution in [0, 0.1) is 6.92 Å². The molecule has 0 aliphatic carbocycles. The van der Waals surface area contributed by atoms with E-state index in [0.29, 0.717) is 42.6 Å². The molecule has 0 heterocycles. The molecule has 25 heavy (non-hydrogen) atoms. The second kappa shape index (κ2) is 8.97. The van der Waals surface area contributed by atoms with Crippen molar-refractivity contribution in [1.29, 1.82) is 0 Å². The number of amides is 1. The van der Waals surface area contributed by atoms with Gasteiger partial charge >= 0.3 is 0 Å². The summed E-state index contributed by atoms with van der Waals surface area (Å²) in [6.45, 7) is 9.06. The highest BCUT2D eigenvalue weighted by molar-refractivity contribution is 6.05. The minimum Gasteiger partial charge on any atom is -0.490 e. The molecule has 0 fully saturated rings. The van der Waals surface area contributed by atoms with E-state index in [4.69, 9.17) is 14.2 Å². The Labute approximate surface area is 148 Å². The van der Waals surface area contributed by atoms with Gasteiger partial charge in [0.2, 0.25) is 5.75 Å². The van der Waals surface area contributed by atoms with Gasteiger partial charge in [0, 0.05) is 11.3 Å². The monoisotopic (exact) mass is 343 g/mol. The fourth-order valence-electron chi connectivity index (χ4n) is 2.45. The maximum Gasteiger partial charge on any atom is 0.255 e. The Morgan fingerprint density at radius 2 is 1.52 bits per heavy atom. The van der Waals surface area contributed by atoms with Crippen LogP contribution in [0.1, 0.15) is 36.7 Å². The van der Waals surface area contributed by atoms with Crippen LogP contribution in [-0.2, 0) is 0 Å². The summed E-state index contributed by atoms with van der Waals surface area (Å²) in [7, 11) is 0. The molecule has 0 radical (unpaired) electrons. The van der Waals surface area contributed by atoms with Crippen molar-refractivity contribution >= 4 is 11.6 Å². The van der Waals surface area contributed by atoms with E-state index in [9.17, 15) is 4.79 Å². The number of carbonyl (C=O) groups excluding carboxylic acids is 1. The predicted octanol–water partition coefficient (Wildman–Crippen LogP) is 4.44. The lowest BCUT2D eigenvalue weighted by molar-refractivity contribution is 0.102. The van der Waals surface area contributed by atoms with Gasteiger partial charge in [0.25, 0.3) is 5.91 Å². The minimum atomic E-state index is -0.226. The van der Waals surface area contributed by atoms with Gasteiger partial charge in [0.1, 0.15) is 0 Å². The van der Waals surface area contributed by atoms with Crippen LogP contribution in [0.15, 0.2) is 36.4 Å². The van der Waals surface area contributed by atoms with Gasteiger partial charge in [-0.1, -0.05) is 12.1 Å². The molecule has 0 aromatic heterocycles. The Morgan fingerprint density at radius 3 is 2.04 bits per heavy atom. The average molecular weight is 343 g/mol. The second-order valence-corrected chi connectivity index (χ2v) is 5.42. The van der Waals surface area contributed by atoms with Crippen molar-refractivity contribution in [3.8, 4) is 17.2 Å². The van der Waals surface area contributed by atoms with E-state index in [0.717, 1.165) is 11.3 Å². The number of aryl methyl sites for hydroxylation is 1. The van der Waals surface area contributed by atoms with Crippen molar-refractivity contribution in [3.05, 3.63) is 47.5 Å². The number of hydrogen-bond donors (Lipinski definition) is 1. The molecule has 2 aromatic carbocycles. The summed E-state index contributed by atoms with van der Waals surface area (Å²) < 4.78 is 17.0. The zero-order valence-electron chi connectivity index (χ0n) is 15.2. The van der Waals surface area contributed by atoms with Crippen LogP contribution in [0.5, 0.6) is 17.2 Å². The van der Waals surface area contributed by atoms with Crippen LogP contribution < -0.4 is 19.5 Å². The van der Waals surface area contributed by atoms with E-state index in [1.165, 1.54) is 0 Å². The molecule has 0 saturated heterocycles. The summed E-state index contributed by atoms with van der Waals surface area (Å²) in [5, 5.41) is 2.90. The van der Waals surface area contributed by atoms with Gasteiger partial charge in [-0.05, 0) is 57.5 Å². The van der Waals surface area contributed by atoms with Crippen LogP contribution in [-0.4, -0.2) is 25.7 Å². The summed E-state index contributed by atoms with van der Waals surface area (Å²) in [6, 6.07) is 11.0. The summed E-state index contributed by atoms with van der Waals surface area (Å²) >= 11 is 0. The lowest BCUT2D eigenvalue weighted by Crippen LogP contribution is -2.13. The van der Waals surface area contributed by atoms with Crippen LogP contribution in [0.25, 0.3) is 0 Å². The van der Waals surface area contributed by atoms with Crippen molar-refractivity contribution in [2.75, 3.05) is 25.1 Å². The largest absolute Gasteiger partial charge is 0.490 e. The average Bonchev–Trinajstić information content (AvgIpc) is 2.58. The van der Waals surface area contributed by atoms with E-state index >= 15 is 0 Å². The van der Waals surface area contributed by atoms with Crippen LogP contribution in [0.4, 0.5) is 5.69 Å². The number of benzene rings is 2. The Balaban J connectivity index is 2.36. The molecular weight excluding hydrogens is 318 g/mol. The van der Waals surface area contributed by atoms with Crippen molar-refractivity contribution in [2.24, 2.45) is 0 Å². The number of rotatable bonds is 8. The summed E-state index contributed by atoms with van der Waals surface area (Å²) in [5.41, 5.74) is 2.28. The minimum absolute atomic E-state index is 0.226. The number of hydrogen-bond acceptors (Lipinski definition) is 4. The first-order valence-electron chi connectivity index (χ1n) is 8.53. The molecule has 0 atom stereocenters. The zero-order valence-corrected chi connectivity index (χ0v) is 15.2. The van der Waals surface area contributed by atoms with E-state index < -0.39 is 0 Å².